The fraction of sp³-hybridized carbons (Fsp3) is 0.400. The molecule has 5 rings (SSSR count). The van der Waals surface area contributed by atoms with Crippen molar-refractivity contribution in [3.8, 4) is 5.75 Å². The molecule has 0 aliphatic carbocycles. The number of hydrogen-bond acceptors (Lipinski definition) is 6. The van der Waals surface area contributed by atoms with Crippen molar-refractivity contribution in [2.45, 2.75) is 25.9 Å². The molecule has 1 N–H and O–H groups in total. The zero-order valence-corrected chi connectivity index (χ0v) is 21.6. The SMILES string of the molecule is CC(C)c1ccc(OC[C@@H](O)CN2CCN(CCN3C(=O)c4cccc5cccc(c45)C3=O)CC2)cc1. The predicted octanol–water partition coefficient (Wildman–Crippen LogP) is 3.62. The van der Waals surface area contributed by atoms with Gasteiger partial charge in [0.05, 0.1) is 0 Å². The van der Waals surface area contributed by atoms with E-state index in [-0.39, 0.29) is 18.4 Å². The van der Waals surface area contributed by atoms with E-state index in [4.69, 9.17) is 4.74 Å². The van der Waals surface area contributed by atoms with Crippen LogP contribution >= 0.6 is 0 Å². The summed E-state index contributed by atoms with van der Waals surface area (Å²) in [5.74, 6) is 0.824. The third-order valence-corrected chi connectivity index (χ3v) is 7.42. The highest BCUT2D eigenvalue weighted by atomic mass is 16.5. The van der Waals surface area contributed by atoms with E-state index in [0.29, 0.717) is 36.7 Å². The van der Waals surface area contributed by atoms with E-state index in [1.165, 1.54) is 10.5 Å². The monoisotopic (exact) mass is 501 g/mol. The van der Waals surface area contributed by atoms with Gasteiger partial charge in [0.1, 0.15) is 18.5 Å². The second-order valence-electron chi connectivity index (χ2n) is 10.3. The number of amides is 2. The highest BCUT2D eigenvalue weighted by Gasteiger charge is 2.33. The number of nitrogens with zero attached hydrogens (tertiary/aromatic N) is 3. The molecule has 0 spiro atoms. The van der Waals surface area contributed by atoms with E-state index in [2.05, 4.69) is 35.8 Å². The Balaban J connectivity index is 1.07. The lowest BCUT2D eigenvalue weighted by atomic mass is 9.94. The number of benzene rings is 3. The lowest BCUT2D eigenvalue weighted by Gasteiger charge is -2.36. The molecule has 2 amide bonds. The Hall–Kier alpha value is -3.26. The van der Waals surface area contributed by atoms with Crippen molar-refractivity contribution in [3.63, 3.8) is 0 Å². The van der Waals surface area contributed by atoms with Crippen LogP contribution in [0, 0.1) is 0 Å². The molecule has 0 radical (unpaired) electrons. The minimum Gasteiger partial charge on any atom is -0.491 e. The molecule has 7 heteroatoms. The minimum absolute atomic E-state index is 0.213. The fourth-order valence-corrected chi connectivity index (χ4v) is 5.21. The van der Waals surface area contributed by atoms with Gasteiger partial charge in [-0.15, -0.1) is 0 Å². The Morgan fingerprint density at radius 2 is 1.41 bits per heavy atom. The van der Waals surface area contributed by atoms with Gasteiger partial charge in [-0.1, -0.05) is 50.2 Å². The van der Waals surface area contributed by atoms with Gasteiger partial charge < -0.3 is 9.84 Å². The summed E-state index contributed by atoms with van der Waals surface area (Å²) in [6.45, 7) is 9.44. The Kier molecular flexibility index (Phi) is 7.55. The number of carbonyl (C=O) groups is 2. The van der Waals surface area contributed by atoms with Gasteiger partial charge in [-0.05, 0) is 41.1 Å². The predicted molar refractivity (Wildman–Crippen MR) is 144 cm³/mol. The number of aliphatic hydroxyl groups excluding tert-OH is 1. The van der Waals surface area contributed by atoms with Crippen LogP contribution in [0.5, 0.6) is 5.75 Å². The third kappa shape index (κ3) is 5.54. The van der Waals surface area contributed by atoms with Crippen molar-refractivity contribution in [2.75, 3.05) is 52.4 Å². The van der Waals surface area contributed by atoms with Gasteiger partial charge in [-0.3, -0.25) is 24.3 Å². The lowest BCUT2D eigenvalue weighted by molar-refractivity contribution is 0.0416. The molecule has 0 aromatic heterocycles. The van der Waals surface area contributed by atoms with E-state index in [9.17, 15) is 14.7 Å². The van der Waals surface area contributed by atoms with E-state index >= 15 is 0 Å². The lowest BCUT2D eigenvalue weighted by Crippen LogP contribution is -2.51. The normalized spacial score (nSPS) is 17.6. The highest BCUT2D eigenvalue weighted by molar-refractivity contribution is 6.25. The molecule has 3 aromatic carbocycles. The molecule has 1 saturated heterocycles. The van der Waals surface area contributed by atoms with Gasteiger partial charge >= 0.3 is 0 Å². The number of rotatable bonds is 9. The summed E-state index contributed by atoms with van der Waals surface area (Å²) < 4.78 is 5.78. The summed E-state index contributed by atoms with van der Waals surface area (Å²) in [7, 11) is 0. The van der Waals surface area contributed by atoms with Crippen LogP contribution in [0.4, 0.5) is 0 Å². The Morgan fingerprint density at radius 3 is 2.00 bits per heavy atom. The first-order valence-electron chi connectivity index (χ1n) is 13.1. The largest absolute Gasteiger partial charge is 0.491 e. The molecular formula is C30H35N3O4. The van der Waals surface area contributed by atoms with E-state index in [1.54, 1.807) is 0 Å². The first kappa shape index (κ1) is 25.4. The van der Waals surface area contributed by atoms with Gasteiger partial charge in [0, 0.05) is 62.3 Å². The van der Waals surface area contributed by atoms with Crippen molar-refractivity contribution in [2.24, 2.45) is 0 Å². The molecule has 0 bridgehead atoms. The van der Waals surface area contributed by atoms with Gasteiger partial charge in [0.15, 0.2) is 0 Å². The standard InChI is InChI=1S/C30H35N3O4/c1-21(2)22-9-11-25(12-10-22)37-20-24(34)19-32-15-13-31(14-16-32)17-18-33-29(35)26-7-3-5-23-6-4-8-27(28(23)26)30(33)36/h3-12,21,24,34H,13-20H2,1-2H3/t24-/m0/s1. The number of imide groups is 1. The van der Waals surface area contributed by atoms with Crippen molar-refractivity contribution < 1.29 is 19.4 Å². The number of ether oxygens (including phenoxy) is 1. The topological polar surface area (TPSA) is 73.3 Å². The Morgan fingerprint density at radius 1 is 0.811 bits per heavy atom. The number of aliphatic hydroxyl groups is 1. The molecule has 37 heavy (non-hydrogen) atoms. The molecule has 7 nitrogen and oxygen atoms in total. The molecule has 3 aromatic rings. The molecule has 2 heterocycles. The first-order chi connectivity index (χ1) is 17.9. The maximum absolute atomic E-state index is 13.1. The van der Waals surface area contributed by atoms with Crippen molar-refractivity contribution in [1.82, 2.24) is 14.7 Å². The Labute approximate surface area is 218 Å². The zero-order chi connectivity index (χ0) is 25.9. The minimum atomic E-state index is -0.567. The smallest absolute Gasteiger partial charge is 0.261 e. The summed E-state index contributed by atoms with van der Waals surface area (Å²) in [4.78, 5) is 32.1. The second-order valence-corrected chi connectivity index (χ2v) is 10.3. The van der Waals surface area contributed by atoms with Gasteiger partial charge in [0.2, 0.25) is 0 Å². The number of hydrogen-bond donors (Lipinski definition) is 1. The van der Waals surface area contributed by atoms with Crippen LogP contribution in [0.25, 0.3) is 10.8 Å². The number of carbonyl (C=O) groups excluding carboxylic acids is 2. The molecule has 0 saturated carbocycles. The molecule has 1 fully saturated rings. The summed E-state index contributed by atoms with van der Waals surface area (Å²) >= 11 is 0. The fourth-order valence-electron chi connectivity index (χ4n) is 5.21. The summed E-state index contributed by atoms with van der Waals surface area (Å²) in [6.07, 6.45) is -0.567. The average Bonchev–Trinajstić information content (AvgIpc) is 2.91. The molecule has 194 valence electrons. The molecule has 2 aliphatic rings. The Bertz CT molecular complexity index is 1210. The van der Waals surface area contributed by atoms with Crippen LogP contribution in [-0.4, -0.2) is 90.1 Å². The molecule has 2 aliphatic heterocycles. The quantitative estimate of drug-likeness (QED) is 0.452. The van der Waals surface area contributed by atoms with Crippen molar-refractivity contribution in [1.29, 1.82) is 0 Å². The van der Waals surface area contributed by atoms with Gasteiger partial charge in [0.25, 0.3) is 11.8 Å². The molecular weight excluding hydrogens is 466 g/mol. The van der Waals surface area contributed by atoms with E-state index in [0.717, 1.165) is 42.7 Å². The maximum Gasteiger partial charge on any atom is 0.261 e. The first-order valence-corrected chi connectivity index (χ1v) is 13.1. The van der Waals surface area contributed by atoms with Crippen molar-refractivity contribution in [3.05, 3.63) is 77.4 Å². The second kappa shape index (κ2) is 11.0. The summed E-state index contributed by atoms with van der Waals surface area (Å²) in [6, 6.07) is 19.3. The van der Waals surface area contributed by atoms with Crippen LogP contribution in [-0.2, 0) is 0 Å². The van der Waals surface area contributed by atoms with Crippen molar-refractivity contribution >= 4 is 22.6 Å². The molecule has 0 unspecified atom stereocenters. The maximum atomic E-state index is 13.1. The van der Waals surface area contributed by atoms with Gasteiger partial charge in [-0.25, -0.2) is 0 Å². The molecule has 1 atom stereocenters. The third-order valence-electron chi connectivity index (χ3n) is 7.42. The summed E-state index contributed by atoms with van der Waals surface area (Å²) in [5.41, 5.74) is 2.47. The van der Waals surface area contributed by atoms with Crippen LogP contribution in [0.15, 0.2) is 60.7 Å². The number of piperazine rings is 1. The average molecular weight is 502 g/mol. The van der Waals surface area contributed by atoms with E-state index in [1.807, 2.05) is 48.5 Å². The number of β-amino-alcohol motifs (C(OH)–C–C–N with tert-alkyl or cyclic N) is 1. The van der Waals surface area contributed by atoms with Crippen LogP contribution in [0.1, 0.15) is 46.0 Å². The highest BCUT2D eigenvalue weighted by Crippen LogP contribution is 2.29. The van der Waals surface area contributed by atoms with Crippen LogP contribution < -0.4 is 4.74 Å². The van der Waals surface area contributed by atoms with E-state index < -0.39 is 6.10 Å². The van der Waals surface area contributed by atoms with Crippen LogP contribution in [0.2, 0.25) is 0 Å². The van der Waals surface area contributed by atoms with Gasteiger partial charge in [-0.2, -0.15) is 0 Å². The zero-order valence-electron chi connectivity index (χ0n) is 21.6. The summed E-state index contributed by atoms with van der Waals surface area (Å²) in [5, 5.41) is 12.2. The van der Waals surface area contributed by atoms with Crippen LogP contribution in [0.3, 0.4) is 0 Å².